The number of carbonyl (C=O) groups is 1. The SMILES string of the molecule is B[PH]1(O)OC[C@H]2O[C@@H](n3cnc4c(=O)[nH]c(N)nc43)[C@@H](OC(=O)c3ccccc3NC)[C@H]2O1. The van der Waals surface area contributed by atoms with E-state index in [2.05, 4.69) is 20.3 Å². The summed E-state index contributed by atoms with van der Waals surface area (Å²) in [6.45, 7) is 0.0460. The number of imidazole rings is 1. The number of hydrogen-bond acceptors (Lipinski definition) is 11. The van der Waals surface area contributed by atoms with Gasteiger partial charge in [-0.3, -0.25) is 0 Å². The molecule has 3 aromatic rings. The molecule has 5 N–H and O–H groups in total. The van der Waals surface area contributed by atoms with E-state index < -0.39 is 43.9 Å². The summed E-state index contributed by atoms with van der Waals surface area (Å²) in [5, 5.41) is 2.95. The van der Waals surface area contributed by atoms with Gasteiger partial charge >= 0.3 is 188 Å². The molecule has 2 aliphatic rings. The Morgan fingerprint density at radius 2 is 2.24 bits per heavy atom. The van der Waals surface area contributed by atoms with E-state index >= 15 is 0 Å². The molecule has 0 amide bonds. The maximum atomic E-state index is 13.1. The molecular weight excluding hydrogens is 454 g/mol. The molecule has 5 rings (SSSR count). The van der Waals surface area contributed by atoms with E-state index in [1.165, 1.54) is 18.5 Å². The Morgan fingerprint density at radius 3 is 3.03 bits per heavy atom. The monoisotopic (exact) mass is 476 g/mol. The van der Waals surface area contributed by atoms with Crippen molar-refractivity contribution in [2.24, 2.45) is 0 Å². The molecule has 13 nitrogen and oxygen atoms in total. The summed E-state index contributed by atoms with van der Waals surface area (Å²) in [4.78, 5) is 46.4. The van der Waals surface area contributed by atoms with Crippen LogP contribution in [-0.4, -0.2) is 69.9 Å². The van der Waals surface area contributed by atoms with E-state index in [1.54, 1.807) is 31.3 Å². The van der Waals surface area contributed by atoms with E-state index in [0.29, 0.717) is 11.3 Å². The van der Waals surface area contributed by atoms with E-state index in [-0.39, 0.29) is 23.7 Å². The predicted octanol–water partition coefficient (Wildman–Crippen LogP) is -0.683. The summed E-state index contributed by atoms with van der Waals surface area (Å²) in [6.07, 6.45) is -2.07. The van der Waals surface area contributed by atoms with Gasteiger partial charge in [0.2, 0.25) is 0 Å². The third-order valence-corrected chi connectivity index (χ3v) is 6.95. The number of esters is 1. The van der Waals surface area contributed by atoms with Crippen molar-refractivity contribution in [3.05, 3.63) is 46.5 Å². The molecule has 0 spiro atoms. The normalized spacial score (nSPS) is 27.1. The van der Waals surface area contributed by atoms with E-state index in [9.17, 15) is 14.5 Å². The number of ether oxygens (including phenoxy) is 2. The zero-order valence-electron chi connectivity index (χ0n) is 17.7. The third-order valence-electron chi connectivity index (χ3n) is 5.54. The molecule has 0 unspecified atom stereocenters. The van der Waals surface area contributed by atoms with Crippen LogP contribution in [0.3, 0.4) is 0 Å². The van der Waals surface area contributed by atoms with Gasteiger partial charge in [-0.1, -0.05) is 0 Å². The fourth-order valence-electron chi connectivity index (χ4n) is 4.05. The second kappa shape index (κ2) is 8.08. The number of benzene rings is 1. The van der Waals surface area contributed by atoms with Gasteiger partial charge in [-0.25, -0.2) is 0 Å². The van der Waals surface area contributed by atoms with Gasteiger partial charge in [-0.2, -0.15) is 0 Å². The molecule has 0 radical (unpaired) electrons. The van der Waals surface area contributed by atoms with Crippen molar-refractivity contribution >= 4 is 44.2 Å². The molecule has 174 valence electrons. The Bertz CT molecular complexity index is 1280. The summed E-state index contributed by atoms with van der Waals surface area (Å²) >= 11 is 0. The van der Waals surface area contributed by atoms with E-state index in [1.807, 2.05) is 0 Å². The number of rotatable bonds is 4. The average molecular weight is 476 g/mol. The predicted molar refractivity (Wildman–Crippen MR) is 122 cm³/mol. The number of hydrogen-bond donors (Lipinski definition) is 4. The zero-order valence-corrected chi connectivity index (χ0v) is 18.7. The number of H-pyrrole nitrogens is 1. The van der Waals surface area contributed by atoms with Crippen molar-refractivity contribution in [1.82, 2.24) is 19.5 Å². The van der Waals surface area contributed by atoms with Crippen LogP contribution in [0, 0.1) is 0 Å². The van der Waals surface area contributed by atoms with Crippen molar-refractivity contribution in [3.8, 4) is 0 Å². The fraction of sp³-hybridized carbons (Fsp3) is 0.333. The number of fused-ring (bicyclic) bond motifs is 2. The van der Waals surface area contributed by atoms with Crippen LogP contribution in [-0.2, 0) is 18.5 Å². The van der Waals surface area contributed by atoms with Crippen molar-refractivity contribution in [1.29, 1.82) is 0 Å². The molecule has 15 heteroatoms. The number of nitrogens with zero attached hydrogens (tertiary/aromatic N) is 3. The topological polar surface area (TPSA) is 176 Å². The van der Waals surface area contributed by atoms with Crippen LogP contribution in [0.1, 0.15) is 16.6 Å². The standard InChI is InChI=1S/C18H22BN6O7P/c1-21-9-5-3-2-4-8(9)17(27)31-13-12-10(6-29-33(19,28)32-12)30-16(13)25-7-22-11-14(25)23-18(20)24-15(11)26/h2-5,7,10,12-13,16,21,28,33H,6,19H2,1H3,(H3,20,23,24,26)/t10-,12+,13+,16-/m1/s1. The van der Waals surface area contributed by atoms with Gasteiger partial charge in [-0.05, 0) is 0 Å². The Balaban J connectivity index is 1.55. The molecule has 2 aliphatic heterocycles. The van der Waals surface area contributed by atoms with Crippen LogP contribution in [0.4, 0.5) is 11.6 Å². The number of nitrogen functional groups attached to an aromatic ring is 1. The number of para-hydroxylation sites is 1. The van der Waals surface area contributed by atoms with Crippen LogP contribution < -0.4 is 16.6 Å². The number of nitrogens with one attached hydrogen (secondary N) is 2. The molecule has 2 aromatic heterocycles. The Kier molecular flexibility index (Phi) is 5.34. The Labute approximate surface area is 188 Å². The van der Waals surface area contributed by atoms with Gasteiger partial charge in [0.1, 0.15) is 0 Å². The minimum atomic E-state index is -3.45. The number of carbonyl (C=O) groups excluding carboxylic acids is 1. The number of aromatic nitrogens is 4. The van der Waals surface area contributed by atoms with Gasteiger partial charge in [0.05, 0.1) is 0 Å². The second-order valence-corrected chi connectivity index (χ2v) is 10.1. The minimum absolute atomic E-state index is 0.0460. The molecule has 0 bridgehead atoms. The first-order valence-electron chi connectivity index (χ1n) is 10.2. The molecule has 33 heavy (non-hydrogen) atoms. The second-order valence-electron chi connectivity index (χ2n) is 7.80. The van der Waals surface area contributed by atoms with Crippen molar-refractivity contribution in [2.45, 2.75) is 24.5 Å². The molecule has 4 heterocycles. The van der Waals surface area contributed by atoms with Crippen molar-refractivity contribution < 1.29 is 28.2 Å². The van der Waals surface area contributed by atoms with Crippen LogP contribution in [0.25, 0.3) is 11.2 Å². The van der Waals surface area contributed by atoms with Crippen molar-refractivity contribution in [3.63, 3.8) is 0 Å². The summed E-state index contributed by atoms with van der Waals surface area (Å²) in [7, 11) is -0.285. The van der Waals surface area contributed by atoms with E-state index in [4.69, 9.17) is 24.3 Å². The molecule has 0 aliphatic carbocycles. The molecule has 1 aromatic carbocycles. The van der Waals surface area contributed by atoms with Crippen LogP contribution in [0.2, 0.25) is 0 Å². The number of nitrogens with two attached hydrogens (primary N) is 1. The first kappa shape index (κ1) is 21.8. The third kappa shape index (κ3) is 3.85. The van der Waals surface area contributed by atoms with Crippen LogP contribution in [0.15, 0.2) is 35.4 Å². The van der Waals surface area contributed by atoms with Gasteiger partial charge in [0, 0.05) is 0 Å². The summed E-state index contributed by atoms with van der Waals surface area (Å²) in [6, 6.07) is 6.87. The van der Waals surface area contributed by atoms with Crippen LogP contribution in [0.5, 0.6) is 0 Å². The quantitative estimate of drug-likeness (QED) is 0.213. The van der Waals surface area contributed by atoms with Crippen molar-refractivity contribution in [2.75, 3.05) is 24.7 Å². The molecular formula is C18H22BN6O7P. The molecule has 0 saturated carbocycles. The van der Waals surface area contributed by atoms with Gasteiger partial charge in [-0.15, -0.1) is 0 Å². The Morgan fingerprint density at radius 1 is 1.45 bits per heavy atom. The van der Waals surface area contributed by atoms with Gasteiger partial charge in [0.15, 0.2) is 0 Å². The zero-order chi connectivity index (χ0) is 23.3. The summed E-state index contributed by atoms with van der Waals surface area (Å²) in [5.41, 5.74) is 6.29. The van der Waals surface area contributed by atoms with Gasteiger partial charge < -0.3 is 0 Å². The maximum absolute atomic E-state index is 13.1. The first-order chi connectivity index (χ1) is 15.8. The van der Waals surface area contributed by atoms with Crippen LogP contribution >= 0.6 is 7.82 Å². The van der Waals surface area contributed by atoms with E-state index in [0.717, 1.165) is 0 Å². The average Bonchev–Trinajstić information content (AvgIpc) is 3.34. The molecule has 4 atom stereocenters. The van der Waals surface area contributed by atoms with Gasteiger partial charge in [0.25, 0.3) is 0 Å². The fourth-order valence-corrected chi connectivity index (χ4v) is 5.39. The molecule has 2 saturated heterocycles. The molecule has 2 fully saturated rings. The Hall–Kier alpha value is -3.03. The number of anilines is 2. The first-order valence-corrected chi connectivity index (χ1v) is 12.4. The number of aromatic amines is 1. The summed E-state index contributed by atoms with van der Waals surface area (Å²) in [5.74, 6) is -0.721. The summed E-state index contributed by atoms with van der Waals surface area (Å²) < 4.78 is 24.7.